The number of hydrogen-bond donors (Lipinski definition) is 1. The average Bonchev–Trinajstić information content (AvgIpc) is 2.11. The van der Waals surface area contributed by atoms with Crippen LogP contribution in [0.1, 0.15) is 33.1 Å². The second-order valence-corrected chi connectivity index (χ2v) is 3.95. The Morgan fingerprint density at radius 3 is 2.67 bits per heavy atom. The number of alkyl halides is 1. The maximum atomic E-state index is 9.01. The first-order chi connectivity index (χ1) is 5.74. The lowest BCUT2D eigenvalue weighted by Gasteiger charge is -2.06. The van der Waals surface area contributed by atoms with E-state index in [1.54, 1.807) is 0 Å². The van der Waals surface area contributed by atoms with E-state index in [1.807, 2.05) is 0 Å². The van der Waals surface area contributed by atoms with Crippen LogP contribution in [0, 0.1) is 5.92 Å². The van der Waals surface area contributed by atoms with Crippen LogP contribution in [0.5, 0.6) is 0 Å². The van der Waals surface area contributed by atoms with Gasteiger partial charge in [-0.15, -0.1) is 0 Å². The smallest absolute Gasteiger partial charge is 0.0641 e. The van der Waals surface area contributed by atoms with E-state index < -0.39 is 0 Å². The normalized spacial score (nSPS) is 14.8. The molecule has 0 aliphatic rings. The van der Waals surface area contributed by atoms with Gasteiger partial charge in [0.1, 0.15) is 0 Å². The Labute approximate surface area is 84.0 Å². The summed E-state index contributed by atoms with van der Waals surface area (Å²) in [7, 11) is 0. The van der Waals surface area contributed by atoms with Crippen LogP contribution >= 0.6 is 15.9 Å². The Hall–Kier alpha value is 0.180. The molecule has 0 amide bonds. The second-order valence-electron chi connectivity index (χ2n) is 3.16. The summed E-state index contributed by atoms with van der Waals surface area (Å²) in [5, 5.41) is 10.0. The lowest BCUT2D eigenvalue weighted by Crippen LogP contribution is -1.96. The third kappa shape index (κ3) is 5.78. The van der Waals surface area contributed by atoms with Crippen molar-refractivity contribution in [2.45, 2.75) is 33.1 Å². The SMILES string of the molecule is CCC(C)/C=C(/CO)CCCBr. The van der Waals surface area contributed by atoms with Gasteiger partial charge in [0.05, 0.1) is 6.61 Å². The van der Waals surface area contributed by atoms with Gasteiger partial charge in [-0.3, -0.25) is 0 Å². The summed E-state index contributed by atoms with van der Waals surface area (Å²) in [6.07, 6.45) is 5.48. The molecule has 0 bridgehead atoms. The fourth-order valence-corrected chi connectivity index (χ4v) is 1.31. The van der Waals surface area contributed by atoms with Crippen LogP contribution in [0.3, 0.4) is 0 Å². The molecule has 0 aliphatic carbocycles. The molecule has 1 unspecified atom stereocenters. The molecule has 0 radical (unpaired) electrons. The highest BCUT2D eigenvalue weighted by Gasteiger charge is 1.98. The van der Waals surface area contributed by atoms with Crippen LogP contribution in [-0.2, 0) is 0 Å². The molecule has 0 aliphatic heterocycles. The molecule has 0 saturated carbocycles. The standard InChI is InChI=1S/C10H19BrO/c1-3-9(2)7-10(8-12)5-4-6-11/h7,9,12H,3-6,8H2,1-2H3/b10-7+. The minimum atomic E-state index is 0.220. The number of rotatable bonds is 6. The van der Waals surface area contributed by atoms with Crippen LogP contribution in [0.2, 0.25) is 0 Å². The molecule has 1 atom stereocenters. The Morgan fingerprint density at radius 1 is 1.58 bits per heavy atom. The fraction of sp³-hybridized carbons (Fsp3) is 0.800. The molecule has 0 spiro atoms. The summed E-state index contributed by atoms with van der Waals surface area (Å²) in [5.41, 5.74) is 1.18. The number of allylic oxidation sites excluding steroid dienone is 1. The molecule has 0 heterocycles. The van der Waals surface area contributed by atoms with Crippen molar-refractivity contribution in [1.82, 2.24) is 0 Å². The number of halogens is 1. The van der Waals surface area contributed by atoms with Crippen LogP contribution in [0.15, 0.2) is 11.6 Å². The van der Waals surface area contributed by atoms with Gasteiger partial charge in [-0.05, 0) is 24.3 Å². The van der Waals surface area contributed by atoms with E-state index in [-0.39, 0.29) is 6.61 Å². The Balaban J connectivity index is 3.85. The fourth-order valence-electron chi connectivity index (χ4n) is 1.03. The van der Waals surface area contributed by atoms with Crippen molar-refractivity contribution in [1.29, 1.82) is 0 Å². The molecule has 0 aromatic rings. The number of aliphatic hydroxyl groups is 1. The number of hydrogen-bond acceptors (Lipinski definition) is 1. The van der Waals surface area contributed by atoms with Gasteiger partial charge in [-0.25, -0.2) is 0 Å². The quantitative estimate of drug-likeness (QED) is 0.554. The molecular weight excluding hydrogens is 216 g/mol. The summed E-state index contributed by atoms with van der Waals surface area (Å²) in [4.78, 5) is 0. The maximum absolute atomic E-state index is 9.01. The molecular formula is C10H19BrO. The summed E-state index contributed by atoms with van der Waals surface area (Å²) in [6.45, 7) is 4.57. The van der Waals surface area contributed by atoms with Gasteiger partial charge < -0.3 is 5.11 Å². The molecule has 2 heteroatoms. The number of aliphatic hydroxyl groups excluding tert-OH is 1. The zero-order chi connectivity index (χ0) is 9.40. The van der Waals surface area contributed by atoms with Crippen LogP contribution in [0.25, 0.3) is 0 Å². The molecule has 1 nitrogen and oxygen atoms in total. The van der Waals surface area contributed by atoms with E-state index in [0.29, 0.717) is 5.92 Å². The minimum absolute atomic E-state index is 0.220. The molecule has 12 heavy (non-hydrogen) atoms. The van der Waals surface area contributed by atoms with Crippen molar-refractivity contribution in [2.75, 3.05) is 11.9 Å². The highest BCUT2D eigenvalue weighted by atomic mass is 79.9. The zero-order valence-corrected chi connectivity index (χ0v) is 9.60. The van der Waals surface area contributed by atoms with Crippen LogP contribution in [-0.4, -0.2) is 17.0 Å². The first kappa shape index (κ1) is 12.2. The second kappa shape index (κ2) is 7.81. The van der Waals surface area contributed by atoms with Gasteiger partial charge in [0.25, 0.3) is 0 Å². The summed E-state index contributed by atoms with van der Waals surface area (Å²) >= 11 is 3.38. The van der Waals surface area contributed by atoms with E-state index in [0.717, 1.165) is 24.6 Å². The highest BCUT2D eigenvalue weighted by molar-refractivity contribution is 9.09. The van der Waals surface area contributed by atoms with Crippen molar-refractivity contribution < 1.29 is 5.11 Å². The molecule has 0 aromatic carbocycles. The van der Waals surface area contributed by atoms with E-state index in [4.69, 9.17) is 5.11 Å². The molecule has 0 rings (SSSR count). The van der Waals surface area contributed by atoms with Crippen molar-refractivity contribution in [3.8, 4) is 0 Å². The van der Waals surface area contributed by atoms with Gasteiger partial charge >= 0.3 is 0 Å². The average molecular weight is 235 g/mol. The predicted octanol–water partition coefficient (Wildman–Crippen LogP) is 3.13. The Kier molecular flexibility index (Phi) is 7.93. The molecule has 0 saturated heterocycles. The van der Waals surface area contributed by atoms with Gasteiger partial charge in [0.15, 0.2) is 0 Å². The lowest BCUT2D eigenvalue weighted by molar-refractivity contribution is 0.325. The summed E-state index contributed by atoms with van der Waals surface area (Å²) in [5.74, 6) is 0.600. The largest absolute Gasteiger partial charge is 0.392 e. The third-order valence-corrected chi connectivity index (χ3v) is 2.56. The Morgan fingerprint density at radius 2 is 2.25 bits per heavy atom. The highest BCUT2D eigenvalue weighted by Crippen LogP contribution is 2.11. The topological polar surface area (TPSA) is 20.2 Å². The minimum Gasteiger partial charge on any atom is -0.392 e. The van der Waals surface area contributed by atoms with E-state index in [2.05, 4.69) is 35.9 Å². The van der Waals surface area contributed by atoms with Crippen molar-refractivity contribution in [2.24, 2.45) is 5.92 Å². The first-order valence-corrected chi connectivity index (χ1v) is 5.73. The van der Waals surface area contributed by atoms with E-state index >= 15 is 0 Å². The van der Waals surface area contributed by atoms with Crippen LogP contribution < -0.4 is 0 Å². The van der Waals surface area contributed by atoms with Crippen molar-refractivity contribution in [3.05, 3.63) is 11.6 Å². The summed E-state index contributed by atoms with van der Waals surface area (Å²) in [6, 6.07) is 0. The van der Waals surface area contributed by atoms with Gasteiger partial charge in [-0.1, -0.05) is 42.3 Å². The van der Waals surface area contributed by atoms with Crippen molar-refractivity contribution in [3.63, 3.8) is 0 Å². The maximum Gasteiger partial charge on any atom is 0.0641 e. The zero-order valence-electron chi connectivity index (χ0n) is 8.02. The predicted molar refractivity (Wildman–Crippen MR) is 57.7 cm³/mol. The third-order valence-electron chi connectivity index (χ3n) is 2.00. The van der Waals surface area contributed by atoms with Gasteiger partial charge in [0, 0.05) is 5.33 Å². The van der Waals surface area contributed by atoms with Crippen molar-refractivity contribution >= 4 is 15.9 Å². The Bertz CT molecular complexity index is 132. The van der Waals surface area contributed by atoms with Gasteiger partial charge in [-0.2, -0.15) is 0 Å². The summed E-state index contributed by atoms with van der Waals surface area (Å²) < 4.78 is 0. The van der Waals surface area contributed by atoms with E-state index in [1.165, 1.54) is 5.57 Å². The van der Waals surface area contributed by atoms with Gasteiger partial charge in [0.2, 0.25) is 0 Å². The molecule has 0 fully saturated rings. The van der Waals surface area contributed by atoms with Crippen LogP contribution in [0.4, 0.5) is 0 Å². The molecule has 0 aromatic heterocycles. The van der Waals surface area contributed by atoms with E-state index in [9.17, 15) is 0 Å². The molecule has 72 valence electrons. The first-order valence-electron chi connectivity index (χ1n) is 4.61. The monoisotopic (exact) mass is 234 g/mol. The lowest BCUT2D eigenvalue weighted by atomic mass is 10.0. The molecule has 1 N–H and O–H groups in total.